The number of nitrogens with zero attached hydrogens (tertiary/aromatic N) is 5. The van der Waals surface area contributed by atoms with Crippen LogP contribution in [-0.2, 0) is 55.2 Å². The number of aromatic nitrogens is 2. The van der Waals surface area contributed by atoms with E-state index in [1.807, 2.05) is 32.4 Å². The Morgan fingerprint density at radius 2 is 1.61 bits per heavy atom. The quantitative estimate of drug-likeness (QED) is 0.0716. The fourth-order valence-electron chi connectivity index (χ4n) is 8.83. The Bertz CT molecular complexity index is 2660. The molecule has 1 aliphatic rings. The topological polar surface area (TPSA) is 185 Å². The second-order valence-corrected chi connectivity index (χ2v) is 21.7. The number of benzene rings is 3. The van der Waals surface area contributed by atoms with Crippen molar-refractivity contribution in [2.24, 2.45) is 13.0 Å². The first-order chi connectivity index (χ1) is 34.9. The van der Waals surface area contributed by atoms with Gasteiger partial charge in [-0.25, -0.2) is 14.2 Å². The number of aliphatic carboxylic acids is 1. The molecule has 0 bridgehead atoms. The number of nitrogens with one attached hydrogen (secondary N) is 2. The molecule has 3 unspecified atom stereocenters. The van der Waals surface area contributed by atoms with Crippen LogP contribution in [-0.4, -0.2) is 128 Å². The lowest BCUT2D eigenvalue weighted by atomic mass is 9.80. The van der Waals surface area contributed by atoms with Gasteiger partial charge in [-0.05, 0) is 122 Å². The average Bonchev–Trinajstić information content (AvgIpc) is 3.67. The zero-order valence-corrected chi connectivity index (χ0v) is 45.4. The summed E-state index contributed by atoms with van der Waals surface area (Å²) in [4.78, 5) is 75.7. The second kappa shape index (κ2) is 24.8. The number of ether oxygens (including phenoxy) is 3. The zero-order chi connectivity index (χ0) is 55.8. The molecule has 0 aliphatic carbocycles. The highest BCUT2D eigenvalue weighted by molar-refractivity contribution is 6.31. The maximum Gasteiger partial charge on any atom is 0.411 e. The molecule has 4 aromatic rings. The summed E-state index contributed by atoms with van der Waals surface area (Å²) < 4.78 is 75.6. The van der Waals surface area contributed by atoms with Crippen LogP contribution < -0.4 is 15.4 Å². The van der Waals surface area contributed by atoms with E-state index >= 15 is 4.39 Å². The molecule has 0 radical (unpaired) electrons. The van der Waals surface area contributed by atoms with Gasteiger partial charge in [0.1, 0.15) is 34.8 Å². The van der Waals surface area contributed by atoms with E-state index in [9.17, 15) is 42.3 Å². The van der Waals surface area contributed by atoms with E-state index in [1.54, 1.807) is 80.4 Å². The summed E-state index contributed by atoms with van der Waals surface area (Å²) in [6.45, 7) is 12.1. The van der Waals surface area contributed by atoms with Crippen LogP contribution in [0.25, 0.3) is 11.3 Å². The number of imidazole rings is 1. The molecule has 410 valence electrons. The first-order valence-electron chi connectivity index (χ1n) is 24.3. The fraction of sp³-hybridized carbons (Fsp3) is 0.509. The molecule has 16 nitrogen and oxygen atoms in total. The van der Waals surface area contributed by atoms with E-state index in [-0.39, 0.29) is 68.4 Å². The van der Waals surface area contributed by atoms with Crippen molar-refractivity contribution in [2.45, 2.75) is 129 Å². The normalized spacial score (nSPS) is 16.4. The van der Waals surface area contributed by atoms with Crippen LogP contribution in [0.2, 0.25) is 10.0 Å². The molecule has 1 saturated heterocycles. The number of amides is 4. The summed E-state index contributed by atoms with van der Waals surface area (Å²) in [5.74, 6) is -5.47. The highest BCUT2D eigenvalue weighted by Crippen LogP contribution is 2.36. The number of carboxylic acids is 1. The lowest BCUT2D eigenvalue weighted by molar-refractivity contribution is -0.166. The number of hydrogen-bond acceptors (Lipinski definition) is 10. The van der Waals surface area contributed by atoms with E-state index in [0.717, 1.165) is 17.3 Å². The lowest BCUT2D eigenvalue weighted by Crippen LogP contribution is -2.65. The van der Waals surface area contributed by atoms with E-state index in [1.165, 1.54) is 36.9 Å². The summed E-state index contributed by atoms with van der Waals surface area (Å²) in [6, 6.07) is 13.9. The number of alkyl halides is 3. The number of likely N-dealkylation sites (N-methyl/N-ethyl adjacent to an activating group) is 1. The van der Waals surface area contributed by atoms with Crippen LogP contribution in [0.3, 0.4) is 0 Å². The Hall–Kier alpha value is -5.96. The zero-order valence-electron chi connectivity index (χ0n) is 43.9. The third-order valence-corrected chi connectivity index (χ3v) is 13.3. The Morgan fingerprint density at radius 1 is 0.960 bits per heavy atom. The van der Waals surface area contributed by atoms with Crippen LogP contribution >= 0.6 is 23.2 Å². The maximum absolute atomic E-state index is 15.7. The van der Waals surface area contributed by atoms with Crippen molar-refractivity contribution in [1.29, 1.82) is 0 Å². The molecule has 4 amide bonds. The van der Waals surface area contributed by atoms with Crippen LogP contribution in [0.4, 0.5) is 22.4 Å². The number of carbonyl (C=O) groups excluding carboxylic acids is 4. The Balaban J connectivity index is 1.30. The fourth-order valence-corrected chi connectivity index (χ4v) is 9.15. The number of hydrogen-bond donors (Lipinski definition) is 3. The summed E-state index contributed by atoms with van der Waals surface area (Å²) >= 11 is 12.5. The molecule has 5 rings (SSSR count). The first-order valence-corrected chi connectivity index (χ1v) is 25.1. The van der Waals surface area contributed by atoms with Gasteiger partial charge in [-0.3, -0.25) is 24.1 Å². The molecule has 1 aliphatic heterocycles. The van der Waals surface area contributed by atoms with Crippen molar-refractivity contribution in [3.05, 3.63) is 99.7 Å². The van der Waals surface area contributed by atoms with Crippen molar-refractivity contribution in [2.75, 3.05) is 33.9 Å². The Kier molecular flexibility index (Phi) is 19.8. The van der Waals surface area contributed by atoms with Crippen molar-refractivity contribution >= 4 is 53.0 Å². The molecule has 2 heterocycles. The number of rotatable bonds is 20. The predicted octanol–water partition coefficient (Wildman–Crippen LogP) is 9.58. The standard InChI is InChI=1S/C53H67Cl2F4N7O9/c1-32(46(69)62-41(30-73-10)48(71)64(9)52(25-33-12-16-36(54)17-13-33)20-11-21-65(31-52)47(70)35(22-45(67)68)26-53(57,58)59)60-27-39-40(56)23-37(55)24-43(39)74-38-18-14-34(15-19-38)42-28-61-44(63(42)8)29-66(50(2,3)4)49(72)75-51(5,6)7/h12-19,23-24,28,32,35,41,60H,11,20-22,25-27,29-31H2,1-10H3,(H,62,69)(H,67,68)/t32?,35?,41?,52-/m1/s1. The van der Waals surface area contributed by atoms with Gasteiger partial charge in [-0.1, -0.05) is 35.3 Å². The Labute approximate surface area is 445 Å². The largest absolute Gasteiger partial charge is 0.481 e. The van der Waals surface area contributed by atoms with Crippen LogP contribution in [0.15, 0.2) is 66.9 Å². The molecular weight excluding hydrogens is 1030 g/mol. The number of methoxy groups -OCH3 is 1. The summed E-state index contributed by atoms with van der Waals surface area (Å²) in [6.07, 6.45) is -5.60. The van der Waals surface area contributed by atoms with Crippen LogP contribution in [0.5, 0.6) is 11.5 Å². The lowest BCUT2D eigenvalue weighted by Gasteiger charge is -2.49. The van der Waals surface area contributed by atoms with Gasteiger partial charge in [0, 0.05) is 67.6 Å². The van der Waals surface area contributed by atoms with E-state index in [0.29, 0.717) is 22.2 Å². The minimum Gasteiger partial charge on any atom is -0.481 e. The molecule has 75 heavy (non-hydrogen) atoms. The summed E-state index contributed by atoms with van der Waals surface area (Å²) in [5.41, 5.74) is -0.241. The van der Waals surface area contributed by atoms with Gasteiger partial charge < -0.3 is 44.3 Å². The van der Waals surface area contributed by atoms with Gasteiger partial charge in [0.15, 0.2) is 0 Å². The minimum absolute atomic E-state index is 0.0247. The van der Waals surface area contributed by atoms with E-state index in [4.69, 9.17) is 37.4 Å². The molecular formula is C53H67Cl2F4N7O9. The highest BCUT2D eigenvalue weighted by Gasteiger charge is 2.47. The molecule has 3 N–H and O–H groups in total. The maximum atomic E-state index is 15.7. The van der Waals surface area contributed by atoms with E-state index < -0.39 is 89.3 Å². The highest BCUT2D eigenvalue weighted by atomic mass is 35.5. The predicted molar refractivity (Wildman–Crippen MR) is 275 cm³/mol. The van der Waals surface area contributed by atoms with Gasteiger partial charge >= 0.3 is 18.2 Å². The summed E-state index contributed by atoms with van der Waals surface area (Å²) in [7, 11) is 4.64. The molecule has 0 saturated carbocycles. The van der Waals surface area contributed by atoms with Gasteiger partial charge in [-0.15, -0.1) is 0 Å². The second-order valence-electron chi connectivity index (χ2n) is 20.9. The number of likely N-dealkylation sites (tertiary alicyclic amines) is 1. The molecule has 0 spiro atoms. The summed E-state index contributed by atoms with van der Waals surface area (Å²) in [5, 5.41) is 15.6. The van der Waals surface area contributed by atoms with Gasteiger partial charge in [0.2, 0.25) is 17.7 Å². The van der Waals surface area contributed by atoms with Crippen LogP contribution in [0.1, 0.15) is 91.1 Å². The molecule has 3 aromatic carbocycles. The van der Waals surface area contributed by atoms with Gasteiger partial charge in [-0.2, -0.15) is 13.2 Å². The molecule has 1 fully saturated rings. The third kappa shape index (κ3) is 16.5. The number of halogens is 6. The average molecular weight is 1090 g/mol. The van der Waals surface area contributed by atoms with Crippen molar-refractivity contribution in [3.8, 4) is 22.8 Å². The molecule has 1 aromatic heterocycles. The van der Waals surface area contributed by atoms with Gasteiger partial charge in [0.05, 0.1) is 55.4 Å². The Morgan fingerprint density at radius 3 is 2.20 bits per heavy atom. The number of carbonyl (C=O) groups is 5. The molecule has 4 atom stereocenters. The van der Waals surface area contributed by atoms with Crippen molar-refractivity contribution < 1.29 is 60.9 Å². The first kappa shape index (κ1) is 59.9. The monoisotopic (exact) mass is 1090 g/mol. The number of piperidine rings is 1. The van der Waals surface area contributed by atoms with Crippen molar-refractivity contribution in [1.82, 2.24) is 34.9 Å². The minimum atomic E-state index is -4.82. The SMILES string of the molecule is COCC(NC(=O)C(C)NCc1c(F)cc(Cl)cc1Oc1ccc(-c2cnc(CN(C(=O)OC(C)(C)C)C(C)(C)C)n2C)cc1)C(=O)N(C)[C@@]1(Cc2ccc(Cl)cc2)CCCN(C(=O)C(CC(=O)O)CC(F)(F)F)C1. The van der Waals surface area contributed by atoms with Crippen molar-refractivity contribution in [3.63, 3.8) is 0 Å². The van der Waals surface area contributed by atoms with Crippen LogP contribution in [0, 0.1) is 11.7 Å². The molecule has 22 heteroatoms. The smallest absolute Gasteiger partial charge is 0.411 e. The third-order valence-electron chi connectivity index (χ3n) is 12.8. The van der Waals surface area contributed by atoms with Gasteiger partial charge in [0.25, 0.3) is 0 Å². The number of carboxylic acid groups (broad SMARTS) is 1. The van der Waals surface area contributed by atoms with E-state index in [2.05, 4.69) is 15.6 Å².